The van der Waals surface area contributed by atoms with E-state index in [1.807, 2.05) is 51.2 Å². The van der Waals surface area contributed by atoms with E-state index in [9.17, 15) is 4.79 Å². The monoisotopic (exact) mass is 257 g/mol. The van der Waals surface area contributed by atoms with E-state index in [0.717, 1.165) is 23.0 Å². The third-order valence-corrected chi connectivity index (χ3v) is 3.20. The van der Waals surface area contributed by atoms with E-state index in [-0.39, 0.29) is 11.9 Å². The van der Waals surface area contributed by atoms with Crippen LogP contribution in [0.3, 0.4) is 0 Å². The smallest absolute Gasteiger partial charge is 0.270 e. The Balaban J connectivity index is 2.41. The van der Waals surface area contributed by atoms with Crippen LogP contribution in [-0.4, -0.2) is 24.0 Å². The lowest BCUT2D eigenvalue weighted by atomic mass is 10.1. The maximum Gasteiger partial charge on any atom is 0.270 e. The number of carbonyl (C=O) groups is 1. The van der Waals surface area contributed by atoms with Crippen molar-refractivity contribution in [3.63, 3.8) is 0 Å². The van der Waals surface area contributed by atoms with E-state index >= 15 is 0 Å². The van der Waals surface area contributed by atoms with Gasteiger partial charge in [0.1, 0.15) is 11.5 Å². The Bertz CT molecular complexity index is 595. The molecule has 0 aliphatic heterocycles. The molecule has 19 heavy (non-hydrogen) atoms. The number of benzene rings is 1. The predicted octanol–water partition coefficient (Wildman–Crippen LogP) is 2.80. The topological polar surface area (TPSA) is 54.0 Å². The Morgan fingerprint density at radius 3 is 2.79 bits per heavy atom. The largest absolute Gasteiger partial charge is 0.373 e. The van der Waals surface area contributed by atoms with Crippen molar-refractivity contribution in [1.29, 1.82) is 0 Å². The van der Waals surface area contributed by atoms with Crippen molar-refractivity contribution < 1.29 is 4.79 Å². The molecule has 0 radical (unpaired) electrons. The van der Waals surface area contributed by atoms with Crippen LogP contribution in [0.15, 0.2) is 30.3 Å². The molecular weight excluding hydrogens is 238 g/mol. The van der Waals surface area contributed by atoms with Gasteiger partial charge in [0.05, 0.1) is 0 Å². The number of nitrogens with one attached hydrogen (secondary N) is 2. The number of anilines is 1. The Hall–Kier alpha value is -2.10. The van der Waals surface area contributed by atoms with Gasteiger partial charge in [-0.1, -0.05) is 31.2 Å². The fourth-order valence-corrected chi connectivity index (χ4v) is 1.91. The van der Waals surface area contributed by atoms with Gasteiger partial charge in [0.25, 0.3) is 5.91 Å². The summed E-state index contributed by atoms with van der Waals surface area (Å²) in [6, 6.07) is 9.87. The highest BCUT2D eigenvalue weighted by atomic mass is 16.1. The minimum Gasteiger partial charge on any atom is -0.373 e. The summed E-state index contributed by atoms with van der Waals surface area (Å²) in [6.07, 6.45) is 0.901. The molecule has 100 valence electrons. The minimum atomic E-state index is -0.128. The minimum absolute atomic E-state index is 0.128. The van der Waals surface area contributed by atoms with E-state index < -0.39 is 0 Å². The third kappa shape index (κ3) is 2.84. The first-order chi connectivity index (χ1) is 9.15. The number of hydrogen-bond acceptors (Lipinski definition) is 3. The van der Waals surface area contributed by atoms with Crippen LogP contribution in [0, 0.1) is 0 Å². The van der Waals surface area contributed by atoms with Crippen LogP contribution in [0.5, 0.6) is 0 Å². The van der Waals surface area contributed by atoms with E-state index in [1.165, 1.54) is 0 Å². The SMILES string of the molecule is CCC(C)NC(=O)c1cc2ccccc2c(NC)n1. The van der Waals surface area contributed by atoms with Crippen molar-refractivity contribution in [2.24, 2.45) is 0 Å². The summed E-state index contributed by atoms with van der Waals surface area (Å²) < 4.78 is 0. The van der Waals surface area contributed by atoms with Gasteiger partial charge in [-0.05, 0) is 24.8 Å². The van der Waals surface area contributed by atoms with Crippen molar-refractivity contribution in [2.75, 3.05) is 12.4 Å². The number of carbonyl (C=O) groups excluding carboxylic acids is 1. The zero-order chi connectivity index (χ0) is 13.8. The van der Waals surface area contributed by atoms with Crippen molar-refractivity contribution >= 4 is 22.5 Å². The number of hydrogen-bond donors (Lipinski definition) is 2. The summed E-state index contributed by atoms with van der Waals surface area (Å²) in [7, 11) is 1.81. The van der Waals surface area contributed by atoms with Gasteiger partial charge in [-0.2, -0.15) is 0 Å². The highest BCUT2D eigenvalue weighted by molar-refractivity contribution is 6.00. The highest BCUT2D eigenvalue weighted by Gasteiger charge is 2.12. The predicted molar refractivity (Wildman–Crippen MR) is 78.5 cm³/mol. The molecule has 1 aromatic heterocycles. The summed E-state index contributed by atoms with van der Waals surface area (Å²) in [5.74, 6) is 0.601. The summed E-state index contributed by atoms with van der Waals surface area (Å²) in [5.41, 5.74) is 0.448. The van der Waals surface area contributed by atoms with Crippen LogP contribution in [0.2, 0.25) is 0 Å². The Morgan fingerprint density at radius 2 is 2.11 bits per heavy atom. The van der Waals surface area contributed by atoms with Crippen LogP contribution in [0.1, 0.15) is 30.8 Å². The van der Waals surface area contributed by atoms with Crippen molar-refractivity contribution in [3.8, 4) is 0 Å². The first kappa shape index (κ1) is 13.3. The molecule has 0 aliphatic rings. The van der Waals surface area contributed by atoms with E-state index in [1.54, 1.807) is 0 Å². The van der Waals surface area contributed by atoms with E-state index in [0.29, 0.717) is 5.69 Å². The summed E-state index contributed by atoms with van der Waals surface area (Å²) in [6.45, 7) is 4.02. The molecule has 1 atom stereocenters. The summed E-state index contributed by atoms with van der Waals surface area (Å²) >= 11 is 0. The fourth-order valence-electron chi connectivity index (χ4n) is 1.91. The lowest BCUT2D eigenvalue weighted by Crippen LogP contribution is -2.32. The molecule has 4 nitrogen and oxygen atoms in total. The fraction of sp³-hybridized carbons (Fsp3) is 0.333. The van der Waals surface area contributed by atoms with E-state index in [4.69, 9.17) is 0 Å². The van der Waals surface area contributed by atoms with Crippen LogP contribution in [0.25, 0.3) is 10.8 Å². The van der Waals surface area contributed by atoms with Crippen LogP contribution < -0.4 is 10.6 Å². The molecule has 2 rings (SSSR count). The van der Waals surface area contributed by atoms with Crippen LogP contribution >= 0.6 is 0 Å². The maximum absolute atomic E-state index is 12.1. The molecule has 0 fully saturated rings. The van der Waals surface area contributed by atoms with Gasteiger partial charge in [0, 0.05) is 18.5 Å². The van der Waals surface area contributed by atoms with Gasteiger partial charge < -0.3 is 10.6 Å². The molecule has 2 N–H and O–H groups in total. The number of amides is 1. The lowest BCUT2D eigenvalue weighted by Gasteiger charge is -2.12. The van der Waals surface area contributed by atoms with Gasteiger partial charge in [-0.15, -0.1) is 0 Å². The molecule has 1 heterocycles. The number of nitrogens with zero attached hydrogens (tertiary/aromatic N) is 1. The van der Waals surface area contributed by atoms with E-state index in [2.05, 4.69) is 15.6 Å². The first-order valence-corrected chi connectivity index (χ1v) is 6.54. The molecule has 1 amide bonds. The van der Waals surface area contributed by atoms with Gasteiger partial charge in [-0.25, -0.2) is 4.98 Å². The number of pyridine rings is 1. The number of rotatable bonds is 4. The molecule has 0 saturated heterocycles. The van der Waals surface area contributed by atoms with Crippen molar-refractivity contribution in [1.82, 2.24) is 10.3 Å². The Kier molecular flexibility index (Phi) is 4.00. The molecule has 0 bridgehead atoms. The van der Waals surface area contributed by atoms with Crippen molar-refractivity contribution in [2.45, 2.75) is 26.3 Å². The molecule has 2 aromatic rings. The second kappa shape index (κ2) is 5.69. The van der Waals surface area contributed by atoms with Crippen molar-refractivity contribution in [3.05, 3.63) is 36.0 Å². The molecule has 4 heteroatoms. The quantitative estimate of drug-likeness (QED) is 0.885. The molecule has 0 spiro atoms. The average Bonchev–Trinajstić information content (AvgIpc) is 2.45. The lowest BCUT2D eigenvalue weighted by molar-refractivity contribution is 0.0934. The summed E-state index contributed by atoms with van der Waals surface area (Å²) in [5, 5.41) is 8.00. The maximum atomic E-state index is 12.1. The zero-order valence-electron chi connectivity index (χ0n) is 11.5. The number of fused-ring (bicyclic) bond motifs is 1. The average molecular weight is 257 g/mol. The molecular formula is C15H19N3O. The second-order valence-electron chi connectivity index (χ2n) is 4.61. The highest BCUT2D eigenvalue weighted by Crippen LogP contribution is 2.22. The summed E-state index contributed by atoms with van der Waals surface area (Å²) in [4.78, 5) is 16.5. The van der Waals surface area contributed by atoms with Gasteiger partial charge in [0.2, 0.25) is 0 Å². The molecule has 1 aromatic carbocycles. The second-order valence-corrected chi connectivity index (χ2v) is 4.61. The van der Waals surface area contributed by atoms with Gasteiger partial charge in [-0.3, -0.25) is 4.79 Å². The number of aromatic nitrogens is 1. The standard InChI is InChI=1S/C15H19N3O/c1-4-10(2)17-15(19)13-9-11-7-5-6-8-12(11)14(16-3)18-13/h5-10H,4H2,1-3H3,(H,16,18)(H,17,19). The Labute approximate surface area is 113 Å². The zero-order valence-corrected chi connectivity index (χ0v) is 11.5. The van der Waals surface area contributed by atoms with Crippen LogP contribution in [-0.2, 0) is 0 Å². The molecule has 0 saturated carbocycles. The molecule has 0 aliphatic carbocycles. The molecule has 1 unspecified atom stereocenters. The first-order valence-electron chi connectivity index (χ1n) is 6.54. The normalized spacial score (nSPS) is 12.2. The van der Waals surface area contributed by atoms with Crippen LogP contribution in [0.4, 0.5) is 5.82 Å². The Morgan fingerprint density at radius 1 is 1.37 bits per heavy atom. The van der Waals surface area contributed by atoms with Gasteiger partial charge in [0.15, 0.2) is 0 Å². The van der Waals surface area contributed by atoms with Gasteiger partial charge >= 0.3 is 0 Å². The third-order valence-electron chi connectivity index (χ3n) is 3.20.